The molecule has 0 fully saturated rings. The highest BCUT2D eigenvalue weighted by Gasteiger charge is 2.25. The van der Waals surface area contributed by atoms with Crippen LogP contribution >= 0.6 is 0 Å². The van der Waals surface area contributed by atoms with Crippen LogP contribution in [0.15, 0.2) is 54.6 Å². The van der Waals surface area contributed by atoms with E-state index in [0.717, 1.165) is 18.4 Å². The molecule has 3 heteroatoms. The van der Waals surface area contributed by atoms with Crippen molar-refractivity contribution in [3.63, 3.8) is 0 Å². The van der Waals surface area contributed by atoms with Crippen LogP contribution in [-0.4, -0.2) is 29.0 Å². The Morgan fingerprint density at radius 1 is 1.29 bits per heavy atom. The van der Waals surface area contributed by atoms with Gasteiger partial charge in [-0.3, -0.25) is 4.79 Å². The Morgan fingerprint density at radius 3 is 2.46 bits per heavy atom. The number of allylic oxidation sites excluding steroid dienone is 3. The Labute approximate surface area is 146 Å². The van der Waals surface area contributed by atoms with Crippen LogP contribution in [0.25, 0.3) is 0 Å². The summed E-state index contributed by atoms with van der Waals surface area (Å²) in [5, 5.41) is 10.5. The maximum Gasteiger partial charge on any atom is 0.223 e. The second-order valence-electron chi connectivity index (χ2n) is 6.68. The highest BCUT2D eigenvalue weighted by Crippen LogP contribution is 2.22. The molecule has 0 aliphatic rings. The number of benzene rings is 1. The van der Waals surface area contributed by atoms with Crippen molar-refractivity contribution in [3.05, 3.63) is 60.2 Å². The van der Waals surface area contributed by atoms with Crippen molar-refractivity contribution >= 4 is 5.91 Å². The molecule has 0 spiro atoms. The van der Waals surface area contributed by atoms with Gasteiger partial charge in [0.25, 0.3) is 0 Å². The van der Waals surface area contributed by atoms with Gasteiger partial charge in [0.15, 0.2) is 0 Å². The third-order valence-electron chi connectivity index (χ3n) is 4.35. The molecule has 0 aromatic heterocycles. The van der Waals surface area contributed by atoms with Gasteiger partial charge in [0.1, 0.15) is 0 Å². The first-order valence-corrected chi connectivity index (χ1v) is 8.61. The molecule has 1 aromatic carbocycles. The third-order valence-corrected chi connectivity index (χ3v) is 4.35. The van der Waals surface area contributed by atoms with Gasteiger partial charge >= 0.3 is 0 Å². The molecule has 0 bridgehead atoms. The number of carbonyl (C=O) groups is 1. The summed E-state index contributed by atoms with van der Waals surface area (Å²) in [4.78, 5) is 14.3. The Hall–Kier alpha value is -1.87. The standard InChI is InChI=1S/C21H31NO2/c1-6-7-11-18(14-16(2)3)15-20(23)22(5)17(4)21(24)19-12-9-8-10-13-19/h6,8-10,12-14,17-18,21,24H,1,7,11,15H2,2-5H3/t17-,18-,21-/m0/s1. The molecule has 0 aliphatic heterocycles. The van der Waals surface area contributed by atoms with Crippen molar-refractivity contribution in [2.75, 3.05) is 7.05 Å². The normalized spacial score (nSPS) is 14.4. The van der Waals surface area contributed by atoms with Crippen molar-refractivity contribution in [3.8, 4) is 0 Å². The quantitative estimate of drug-likeness (QED) is 0.677. The van der Waals surface area contributed by atoms with Crippen molar-refractivity contribution < 1.29 is 9.90 Å². The summed E-state index contributed by atoms with van der Waals surface area (Å²) in [5.41, 5.74) is 2.05. The monoisotopic (exact) mass is 329 g/mol. The number of aliphatic hydroxyl groups is 1. The van der Waals surface area contributed by atoms with Crippen LogP contribution in [0.3, 0.4) is 0 Å². The Morgan fingerprint density at radius 2 is 1.92 bits per heavy atom. The molecule has 0 unspecified atom stereocenters. The molecular formula is C21H31NO2. The number of hydrogen-bond acceptors (Lipinski definition) is 2. The van der Waals surface area contributed by atoms with Crippen LogP contribution in [0, 0.1) is 5.92 Å². The minimum Gasteiger partial charge on any atom is -0.386 e. The molecule has 132 valence electrons. The maximum absolute atomic E-state index is 12.6. The number of likely N-dealkylation sites (N-methyl/N-ethyl adjacent to an activating group) is 1. The second-order valence-corrected chi connectivity index (χ2v) is 6.68. The minimum atomic E-state index is -0.685. The van der Waals surface area contributed by atoms with Crippen LogP contribution in [0.2, 0.25) is 0 Å². The van der Waals surface area contributed by atoms with E-state index in [0.29, 0.717) is 6.42 Å². The van der Waals surface area contributed by atoms with Gasteiger partial charge in [-0.15, -0.1) is 6.58 Å². The fourth-order valence-electron chi connectivity index (χ4n) is 2.78. The first-order valence-electron chi connectivity index (χ1n) is 8.61. The molecule has 3 atom stereocenters. The summed E-state index contributed by atoms with van der Waals surface area (Å²) in [5.74, 6) is 0.271. The molecule has 0 saturated heterocycles. The van der Waals surface area contributed by atoms with Crippen molar-refractivity contribution in [2.45, 2.75) is 52.2 Å². The molecule has 0 heterocycles. The summed E-state index contributed by atoms with van der Waals surface area (Å²) in [6, 6.07) is 9.21. The third kappa shape index (κ3) is 6.32. The van der Waals surface area contributed by atoms with E-state index in [1.165, 1.54) is 5.57 Å². The lowest BCUT2D eigenvalue weighted by Gasteiger charge is -2.30. The molecule has 1 aromatic rings. The van der Waals surface area contributed by atoms with Gasteiger partial charge < -0.3 is 10.0 Å². The molecule has 0 radical (unpaired) electrons. The lowest BCUT2D eigenvalue weighted by molar-refractivity contribution is -0.134. The maximum atomic E-state index is 12.6. The summed E-state index contributed by atoms with van der Waals surface area (Å²) in [7, 11) is 1.77. The van der Waals surface area contributed by atoms with Gasteiger partial charge in [0, 0.05) is 13.5 Å². The lowest BCUT2D eigenvalue weighted by atomic mass is 9.95. The van der Waals surface area contributed by atoms with Gasteiger partial charge in [-0.25, -0.2) is 0 Å². The number of carbonyl (C=O) groups excluding carboxylic acids is 1. The van der Waals surface area contributed by atoms with Crippen LogP contribution in [0.5, 0.6) is 0 Å². The number of rotatable bonds is 9. The zero-order chi connectivity index (χ0) is 18.1. The summed E-state index contributed by atoms with van der Waals surface area (Å²) < 4.78 is 0. The number of nitrogens with zero attached hydrogens (tertiary/aromatic N) is 1. The summed E-state index contributed by atoms with van der Waals surface area (Å²) in [6.45, 7) is 9.75. The zero-order valence-electron chi connectivity index (χ0n) is 15.4. The van der Waals surface area contributed by atoms with Gasteiger partial charge in [0.05, 0.1) is 12.1 Å². The molecule has 0 aliphatic carbocycles. The molecular weight excluding hydrogens is 298 g/mol. The van der Waals surface area contributed by atoms with Crippen LogP contribution in [0.1, 0.15) is 51.7 Å². The van der Waals surface area contributed by atoms with E-state index >= 15 is 0 Å². The molecule has 1 rings (SSSR count). The average Bonchev–Trinajstić information content (AvgIpc) is 2.57. The molecule has 24 heavy (non-hydrogen) atoms. The van der Waals surface area contributed by atoms with Gasteiger partial charge in [-0.2, -0.15) is 0 Å². The zero-order valence-corrected chi connectivity index (χ0v) is 15.4. The fourth-order valence-corrected chi connectivity index (χ4v) is 2.78. The topological polar surface area (TPSA) is 40.5 Å². The Bertz CT molecular complexity index is 546. The average molecular weight is 329 g/mol. The molecule has 1 N–H and O–H groups in total. The molecule has 0 saturated carbocycles. The predicted octanol–water partition coefficient (Wildman–Crippen LogP) is 4.51. The second kappa shape index (κ2) is 10.1. The van der Waals surface area contributed by atoms with Gasteiger partial charge in [-0.1, -0.05) is 48.1 Å². The van der Waals surface area contributed by atoms with Crippen molar-refractivity contribution in [1.29, 1.82) is 0 Å². The predicted molar refractivity (Wildman–Crippen MR) is 101 cm³/mol. The summed E-state index contributed by atoms with van der Waals surface area (Å²) in [6.07, 6.45) is 5.64. The van der Waals surface area contributed by atoms with Crippen LogP contribution in [-0.2, 0) is 4.79 Å². The highest BCUT2D eigenvalue weighted by molar-refractivity contribution is 5.76. The van der Waals surface area contributed by atoms with E-state index in [4.69, 9.17) is 0 Å². The Kier molecular flexibility index (Phi) is 8.48. The largest absolute Gasteiger partial charge is 0.386 e. The highest BCUT2D eigenvalue weighted by atomic mass is 16.3. The SMILES string of the molecule is C=CCC[C@@H](C=C(C)C)CC(=O)N(C)[C@@H](C)[C@H](O)c1ccccc1. The van der Waals surface area contributed by atoms with E-state index in [1.54, 1.807) is 11.9 Å². The number of amides is 1. The first kappa shape index (κ1) is 20.2. The van der Waals surface area contributed by atoms with Crippen molar-refractivity contribution in [1.82, 2.24) is 4.90 Å². The lowest BCUT2D eigenvalue weighted by Crippen LogP contribution is -2.39. The fraction of sp³-hybridized carbons (Fsp3) is 0.476. The number of aliphatic hydroxyl groups excluding tert-OH is 1. The first-order chi connectivity index (χ1) is 11.4. The van der Waals surface area contributed by atoms with E-state index < -0.39 is 6.10 Å². The van der Waals surface area contributed by atoms with Crippen molar-refractivity contribution in [2.24, 2.45) is 5.92 Å². The molecule has 3 nitrogen and oxygen atoms in total. The van der Waals surface area contributed by atoms with Crippen LogP contribution < -0.4 is 0 Å². The van der Waals surface area contributed by atoms with E-state index in [-0.39, 0.29) is 17.9 Å². The number of hydrogen-bond donors (Lipinski definition) is 1. The van der Waals surface area contributed by atoms with E-state index in [2.05, 4.69) is 26.5 Å². The minimum absolute atomic E-state index is 0.0593. The van der Waals surface area contributed by atoms with Crippen LogP contribution in [0.4, 0.5) is 0 Å². The Balaban J connectivity index is 2.73. The smallest absolute Gasteiger partial charge is 0.223 e. The van der Waals surface area contributed by atoms with Gasteiger partial charge in [0.2, 0.25) is 5.91 Å². The summed E-state index contributed by atoms with van der Waals surface area (Å²) >= 11 is 0. The van der Waals surface area contributed by atoms with E-state index in [9.17, 15) is 9.90 Å². The van der Waals surface area contributed by atoms with E-state index in [1.807, 2.05) is 43.3 Å². The van der Waals surface area contributed by atoms with Gasteiger partial charge in [-0.05, 0) is 45.1 Å². The molecule has 1 amide bonds.